The second-order valence-corrected chi connectivity index (χ2v) is 5.20. The van der Waals surface area contributed by atoms with E-state index in [0.717, 1.165) is 18.8 Å². The summed E-state index contributed by atoms with van der Waals surface area (Å²) in [7, 11) is 0. The lowest BCUT2D eigenvalue weighted by atomic mass is 10.0. The van der Waals surface area contributed by atoms with Crippen molar-refractivity contribution in [1.29, 1.82) is 0 Å². The Hall–Kier alpha value is -1.06. The molecule has 0 spiro atoms. The van der Waals surface area contributed by atoms with Crippen LogP contribution in [0.5, 0.6) is 5.75 Å². The molecule has 0 aromatic heterocycles. The van der Waals surface area contributed by atoms with Crippen molar-refractivity contribution in [2.75, 3.05) is 19.6 Å². The number of nitrogens with zero attached hydrogens (tertiary/aromatic N) is 1. The highest BCUT2D eigenvalue weighted by atomic mass is 16.5. The van der Waals surface area contributed by atoms with Crippen molar-refractivity contribution in [3.8, 4) is 5.75 Å². The molecule has 1 aromatic rings. The number of benzene rings is 1. The molecule has 1 fully saturated rings. The van der Waals surface area contributed by atoms with Crippen LogP contribution in [0.2, 0.25) is 0 Å². The molecule has 2 rings (SSSR count). The second kappa shape index (κ2) is 6.21. The topological polar surface area (TPSA) is 38.5 Å². The van der Waals surface area contributed by atoms with Crippen LogP contribution in [0.25, 0.3) is 0 Å². The molecule has 1 atom stereocenters. The molecule has 2 N–H and O–H groups in total. The van der Waals surface area contributed by atoms with Crippen molar-refractivity contribution in [2.45, 2.75) is 38.8 Å². The summed E-state index contributed by atoms with van der Waals surface area (Å²) in [5, 5.41) is 0. The maximum absolute atomic E-state index is 5.99. The molecule has 0 aliphatic carbocycles. The van der Waals surface area contributed by atoms with Gasteiger partial charge >= 0.3 is 0 Å². The van der Waals surface area contributed by atoms with Crippen LogP contribution in [-0.4, -0.2) is 30.6 Å². The number of rotatable bonds is 5. The molecule has 0 bridgehead atoms. The van der Waals surface area contributed by atoms with E-state index in [0.29, 0.717) is 12.6 Å². The molecule has 18 heavy (non-hydrogen) atoms. The number of hydrogen-bond acceptors (Lipinski definition) is 3. The first-order valence-corrected chi connectivity index (χ1v) is 6.92. The van der Waals surface area contributed by atoms with E-state index in [2.05, 4.69) is 30.9 Å². The number of nitrogens with two attached hydrogens (primary N) is 1. The van der Waals surface area contributed by atoms with E-state index in [-0.39, 0.29) is 6.10 Å². The van der Waals surface area contributed by atoms with Crippen molar-refractivity contribution in [3.05, 3.63) is 29.8 Å². The fourth-order valence-corrected chi connectivity index (χ4v) is 2.64. The molecule has 1 aliphatic heterocycles. The second-order valence-electron chi connectivity index (χ2n) is 5.20. The van der Waals surface area contributed by atoms with Crippen LogP contribution in [0.15, 0.2) is 24.3 Å². The van der Waals surface area contributed by atoms with E-state index in [1.165, 1.54) is 18.4 Å². The van der Waals surface area contributed by atoms with Gasteiger partial charge in [-0.3, -0.25) is 4.90 Å². The van der Waals surface area contributed by atoms with Gasteiger partial charge in [0.15, 0.2) is 0 Å². The maximum atomic E-state index is 5.99. The van der Waals surface area contributed by atoms with Crippen LogP contribution in [0.1, 0.15) is 38.3 Å². The van der Waals surface area contributed by atoms with E-state index in [1.807, 2.05) is 12.1 Å². The molecule has 0 amide bonds. The molecular weight excluding hydrogens is 224 g/mol. The summed E-state index contributed by atoms with van der Waals surface area (Å²) in [6.45, 7) is 7.07. The summed E-state index contributed by atoms with van der Waals surface area (Å²) in [5.41, 5.74) is 7.22. The van der Waals surface area contributed by atoms with Crippen LogP contribution < -0.4 is 10.5 Å². The zero-order valence-electron chi connectivity index (χ0n) is 11.4. The van der Waals surface area contributed by atoms with Gasteiger partial charge in [0.1, 0.15) is 5.75 Å². The van der Waals surface area contributed by atoms with Crippen LogP contribution in [0.3, 0.4) is 0 Å². The average Bonchev–Trinajstić information content (AvgIpc) is 2.85. The molecule has 0 saturated carbocycles. The largest absolute Gasteiger partial charge is 0.491 e. The first-order chi connectivity index (χ1) is 8.72. The Labute approximate surface area is 110 Å². The molecule has 1 aliphatic rings. The average molecular weight is 248 g/mol. The van der Waals surface area contributed by atoms with Crippen LogP contribution in [-0.2, 0) is 0 Å². The standard InChI is InChI=1S/C15H24N2O/c1-12(2)18-15-8-4-3-7-13(15)14(11-16)17-9-5-6-10-17/h3-4,7-8,12,14H,5-6,9-11,16H2,1-2H3. The normalized spacial score (nSPS) is 18.2. The number of hydrogen-bond donors (Lipinski definition) is 1. The fourth-order valence-electron chi connectivity index (χ4n) is 2.64. The first kappa shape index (κ1) is 13.4. The smallest absolute Gasteiger partial charge is 0.124 e. The lowest BCUT2D eigenvalue weighted by molar-refractivity contribution is 0.216. The van der Waals surface area contributed by atoms with Crippen molar-refractivity contribution >= 4 is 0 Å². The molecule has 1 unspecified atom stereocenters. The van der Waals surface area contributed by atoms with Gasteiger partial charge in [-0.05, 0) is 45.8 Å². The fraction of sp³-hybridized carbons (Fsp3) is 0.600. The third kappa shape index (κ3) is 3.03. The zero-order chi connectivity index (χ0) is 13.0. The van der Waals surface area contributed by atoms with Gasteiger partial charge in [-0.2, -0.15) is 0 Å². The lowest BCUT2D eigenvalue weighted by Gasteiger charge is -2.28. The van der Waals surface area contributed by atoms with Crippen molar-refractivity contribution < 1.29 is 4.74 Å². The molecule has 1 aromatic carbocycles. The van der Waals surface area contributed by atoms with E-state index in [4.69, 9.17) is 10.5 Å². The first-order valence-electron chi connectivity index (χ1n) is 6.92. The Morgan fingerprint density at radius 3 is 2.50 bits per heavy atom. The molecule has 1 heterocycles. The highest BCUT2D eigenvalue weighted by Crippen LogP contribution is 2.31. The number of para-hydroxylation sites is 1. The third-order valence-corrected chi connectivity index (χ3v) is 3.45. The summed E-state index contributed by atoms with van der Waals surface area (Å²) in [4.78, 5) is 2.47. The summed E-state index contributed by atoms with van der Waals surface area (Å²) < 4.78 is 5.91. The Morgan fingerprint density at radius 1 is 1.22 bits per heavy atom. The minimum Gasteiger partial charge on any atom is -0.491 e. The van der Waals surface area contributed by atoms with Crippen LogP contribution in [0.4, 0.5) is 0 Å². The van der Waals surface area contributed by atoms with Crippen molar-refractivity contribution in [3.63, 3.8) is 0 Å². The Kier molecular flexibility index (Phi) is 4.61. The van der Waals surface area contributed by atoms with E-state index in [1.54, 1.807) is 0 Å². The van der Waals surface area contributed by atoms with Crippen LogP contribution in [0, 0.1) is 0 Å². The van der Waals surface area contributed by atoms with Gasteiger partial charge in [-0.15, -0.1) is 0 Å². The zero-order valence-corrected chi connectivity index (χ0v) is 11.4. The van der Waals surface area contributed by atoms with Gasteiger partial charge in [0, 0.05) is 12.1 Å². The maximum Gasteiger partial charge on any atom is 0.124 e. The third-order valence-electron chi connectivity index (χ3n) is 3.45. The quantitative estimate of drug-likeness (QED) is 0.870. The highest BCUT2D eigenvalue weighted by molar-refractivity contribution is 5.36. The van der Waals surface area contributed by atoms with Crippen molar-refractivity contribution in [2.24, 2.45) is 5.73 Å². The summed E-state index contributed by atoms with van der Waals surface area (Å²) in [6.07, 6.45) is 2.76. The predicted molar refractivity (Wildman–Crippen MR) is 74.8 cm³/mol. The SMILES string of the molecule is CC(C)Oc1ccccc1C(CN)N1CCCC1. The summed E-state index contributed by atoms with van der Waals surface area (Å²) >= 11 is 0. The molecule has 0 radical (unpaired) electrons. The van der Waals surface area contributed by atoms with E-state index in [9.17, 15) is 0 Å². The number of ether oxygens (including phenoxy) is 1. The van der Waals surface area contributed by atoms with Gasteiger partial charge in [-0.25, -0.2) is 0 Å². The summed E-state index contributed by atoms with van der Waals surface area (Å²) in [6, 6.07) is 8.59. The lowest BCUT2D eigenvalue weighted by Crippen LogP contribution is -2.31. The molecule has 100 valence electrons. The van der Waals surface area contributed by atoms with Gasteiger partial charge in [0.05, 0.1) is 12.1 Å². The Bertz CT molecular complexity index is 373. The van der Waals surface area contributed by atoms with E-state index < -0.39 is 0 Å². The molecule has 3 nitrogen and oxygen atoms in total. The van der Waals surface area contributed by atoms with Gasteiger partial charge < -0.3 is 10.5 Å². The van der Waals surface area contributed by atoms with Gasteiger partial charge in [-0.1, -0.05) is 18.2 Å². The molecule has 1 saturated heterocycles. The Balaban J connectivity index is 2.23. The molecular formula is C15H24N2O. The Morgan fingerprint density at radius 2 is 1.89 bits per heavy atom. The summed E-state index contributed by atoms with van der Waals surface area (Å²) in [5.74, 6) is 0.981. The predicted octanol–water partition coefficient (Wildman–Crippen LogP) is 2.57. The van der Waals surface area contributed by atoms with Crippen LogP contribution >= 0.6 is 0 Å². The van der Waals surface area contributed by atoms with Gasteiger partial charge in [0.25, 0.3) is 0 Å². The minimum absolute atomic E-state index is 0.197. The van der Waals surface area contributed by atoms with Gasteiger partial charge in [0.2, 0.25) is 0 Å². The van der Waals surface area contributed by atoms with Crippen molar-refractivity contribution in [1.82, 2.24) is 4.90 Å². The highest BCUT2D eigenvalue weighted by Gasteiger charge is 2.24. The number of likely N-dealkylation sites (tertiary alicyclic amines) is 1. The molecule has 3 heteroatoms. The van der Waals surface area contributed by atoms with E-state index >= 15 is 0 Å². The monoisotopic (exact) mass is 248 g/mol. The minimum atomic E-state index is 0.197.